The zero-order valence-electron chi connectivity index (χ0n) is 17.3. The Labute approximate surface area is 179 Å². The number of carbonyl (C=O) groups is 2. The van der Waals surface area contributed by atoms with E-state index in [0.29, 0.717) is 17.7 Å². The summed E-state index contributed by atoms with van der Waals surface area (Å²) in [5, 5.41) is 5.86. The summed E-state index contributed by atoms with van der Waals surface area (Å²) in [5.41, 5.74) is 3.04. The zero-order valence-corrected chi connectivity index (χ0v) is 17.3. The molecule has 4 rings (SSSR count). The van der Waals surface area contributed by atoms with Gasteiger partial charge in [-0.2, -0.15) is 5.10 Å². The molecule has 0 unspecified atom stereocenters. The van der Waals surface area contributed by atoms with Crippen LogP contribution in [0.15, 0.2) is 76.4 Å². The van der Waals surface area contributed by atoms with E-state index in [4.69, 9.17) is 13.9 Å². The van der Waals surface area contributed by atoms with Crippen LogP contribution < -0.4 is 4.74 Å². The molecule has 0 aliphatic carbocycles. The normalized spacial score (nSPS) is 15.5. The van der Waals surface area contributed by atoms with Crippen LogP contribution in [0.5, 0.6) is 5.75 Å². The van der Waals surface area contributed by atoms with Crippen molar-refractivity contribution in [3.05, 3.63) is 89.4 Å². The quantitative estimate of drug-likeness (QED) is 0.562. The summed E-state index contributed by atoms with van der Waals surface area (Å²) in [5.74, 6) is 0.373. The summed E-state index contributed by atoms with van der Waals surface area (Å²) in [7, 11) is 1.60. The molecule has 0 radical (unpaired) electrons. The van der Waals surface area contributed by atoms with E-state index >= 15 is 0 Å². The number of hydrogen-bond donors (Lipinski definition) is 0. The van der Waals surface area contributed by atoms with Crippen LogP contribution in [0.2, 0.25) is 0 Å². The van der Waals surface area contributed by atoms with Gasteiger partial charge in [-0.1, -0.05) is 17.7 Å². The van der Waals surface area contributed by atoms with Gasteiger partial charge in [0.15, 0.2) is 6.61 Å². The van der Waals surface area contributed by atoms with Crippen molar-refractivity contribution < 1.29 is 23.5 Å². The summed E-state index contributed by atoms with van der Waals surface area (Å²) in [6.45, 7) is 1.52. The van der Waals surface area contributed by atoms with Gasteiger partial charge in [0.05, 0.1) is 24.6 Å². The van der Waals surface area contributed by atoms with Gasteiger partial charge in [-0.3, -0.25) is 4.79 Å². The van der Waals surface area contributed by atoms with Crippen molar-refractivity contribution in [2.75, 3.05) is 13.7 Å². The lowest BCUT2D eigenvalue weighted by molar-refractivity contribution is -0.136. The Morgan fingerprint density at radius 3 is 2.48 bits per heavy atom. The molecule has 7 heteroatoms. The molecule has 1 aliphatic heterocycles. The number of methoxy groups -OCH3 is 1. The molecule has 1 aliphatic rings. The standard InChI is InChI=1S/C24H22N2O5/c1-16-5-7-18(8-6-16)24(28)31-15-23(27)26-21(22-4-3-13-30-22)14-20(25-26)17-9-11-19(29-2)12-10-17/h3-13,21H,14-15H2,1-2H3/t21-/m1/s1. The lowest BCUT2D eigenvalue weighted by atomic mass is 10.0. The minimum absolute atomic E-state index is 0.393. The molecular weight excluding hydrogens is 396 g/mol. The first-order valence-corrected chi connectivity index (χ1v) is 9.86. The minimum atomic E-state index is -0.554. The summed E-state index contributed by atoms with van der Waals surface area (Å²) in [4.78, 5) is 25.2. The predicted octanol–water partition coefficient (Wildman–Crippen LogP) is 4.13. The molecule has 0 fully saturated rings. The molecule has 158 valence electrons. The first-order chi connectivity index (χ1) is 15.0. The van der Waals surface area contributed by atoms with E-state index in [1.807, 2.05) is 43.3 Å². The second-order valence-corrected chi connectivity index (χ2v) is 7.19. The molecule has 0 bridgehead atoms. The van der Waals surface area contributed by atoms with Crippen molar-refractivity contribution in [2.45, 2.75) is 19.4 Å². The zero-order chi connectivity index (χ0) is 21.8. The Morgan fingerprint density at radius 1 is 1.10 bits per heavy atom. The third-order valence-electron chi connectivity index (χ3n) is 5.07. The number of amides is 1. The van der Waals surface area contributed by atoms with E-state index in [9.17, 15) is 9.59 Å². The fraction of sp³-hybridized carbons (Fsp3) is 0.208. The second kappa shape index (κ2) is 8.87. The summed E-state index contributed by atoms with van der Waals surface area (Å²) >= 11 is 0. The average Bonchev–Trinajstić information content (AvgIpc) is 3.48. The van der Waals surface area contributed by atoms with E-state index in [-0.39, 0.29) is 0 Å². The molecule has 1 aromatic heterocycles. The number of aryl methyl sites for hydroxylation is 1. The van der Waals surface area contributed by atoms with Gasteiger partial charge in [-0.15, -0.1) is 0 Å². The Balaban J connectivity index is 1.50. The summed E-state index contributed by atoms with van der Waals surface area (Å²) in [6, 6.07) is 17.6. The highest BCUT2D eigenvalue weighted by molar-refractivity contribution is 6.03. The maximum atomic E-state index is 12.9. The van der Waals surface area contributed by atoms with E-state index in [1.165, 1.54) is 5.01 Å². The Bertz CT molecular complexity index is 1090. The molecule has 31 heavy (non-hydrogen) atoms. The topological polar surface area (TPSA) is 81.3 Å². The SMILES string of the molecule is COc1ccc(C2=NN(C(=O)COC(=O)c3ccc(C)cc3)[C@@H](c3ccco3)C2)cc1. The van der Waals surface area contributed by atoms with Gasteiger partial charge in [0, 0.05) is 6.42 Å². The van der Waals surface area contributed by atoms with Crippen LogP contribution in [-0.2, 0) is 9.53 Å². The number of hydrogen-bond acceptors (Lipinski definition) is 6. The molecule has 2 aromatic carbocycles. The van der Waals surface area contributed by atoms with Crippen LogP contribution >= 0.6 is 0 Å². The molecule has 3 aromatic rings. The van der Waals surface area contributed by atoms with Crippen LogP contribution in [0.4, 0.5) is 0 Å². The van der Waals surface area contributed by atoms with Crippen molar-refractivity contribution in [1.82, 2.24) is 5.01 Å². The van der Waals surface area contributed by atoms with Crippen LogP contribution in [0, 0.1) is 6.92 Å². The molecule has 2 heterocycles. The van der Waals surface area contributed by atoms with Gasteiger partial charge in [0.25, 0.3) is 5.91 Å². The first kappa shape index (κ1) is 20.4. The first-order valence-electron chi connectivity index (χ1n) is 9.86. The van der Waals surface area contributed by atoms with Crippen LogP contribution in [0.25, 0.3) is 0 Å². The highest BCUT2D eigenvalue weighted by atomic mass is 16.5. The maximum Gasteiger partial charge on any atom is 0.338 e. The Hall–Kier alpha value is -3.87. The molecule has 0 N–H and O–H groups in total. The van der Waals surface area contributed by atoms with Gasteiger partial charge < -0.3 is 13.9 Å². The van der Waals surface area contributed by atoms with Gasteiger partial charge >= 0.3 is 5.97 Å². The van der Waals surface area contributed by atoms with Crippen molar-refractivity contribution >= 4 is 17.6 Å². The number of esters is 1. The largest absolute Gasteiger partial charge is 0.497 e. The van der Waals surface area contributed by atoms with Gasteiger partial charge in [-0.25, -0.2) is 9.80 Å². The lowest BCUT2D eigenvalue weighted by Crippen LogP contribution is -2.31. The van der Waals surface area contributed by atoms with Gasteiger partial charge in [0.2, 0.25) is 0 Å². The number of carbonyl (C=O) groups excluding carboxylic acids is 2. The van der Waals surface area contributed by atoms with Crippen molar-refractivity contribution in [1.29, 1.82) is 0 Å². The van der Waals surface area contributed by atoms with Gasteiger partial charge in [0.1, 0.15) is 17.6 Å². The fourth-order valence-corrected chi connectivity index (χ4v) is 3.37. The number of nitrogens with zero attached hydrogens (tertiary/aromatic N) is 2. The van der Waals surface area contributed by atoms with Crippen LogP contribution in [0.3, 0.4) is 0 Å². The van der Waals surface area contributed by atoms with E-state index in [0.717, 1.165) is 22.6 Å². The minimum Gasteiger partial charge on any atom is -0.497 e. The van der Waals surface area contributed by atoms with E-state index < -0.39 is 24.5 Å². The molecule has 1 atom stereocenters. The smallest absolute Gasteiger partial charge is 0.338 e. The maximum absolute atomic E-state index is 12.9. The lowest BCUT2D eigenvalue weighted by Gasteiger charge is -2.19. The molecule has 0 spiro atoms. The second-order valence-electron chi connectivity index (χ2n) is 7.19. The predicted molar refractivity (Wildman–Crippen MR) is 114 cm³/mol. The molecular formula is C24H22N2O5. The van der Waals surface area contributed by atoms with Crippen molar-refractivity contribution in [3.63, 3.8) is 0 Å². The number of hydrazone groups is 1. The van der Waals surface area contributed by atoms with Crippen LogP contribution in [-0.4, -0.2) is 36.3 Å². The third kappa shape index (κ3) is 4.50. The van der Waals surface area contributed by atoms with E-state index in [1.54, 1.807) is 37.6 Å². The van der Waals surface area contributed by atoms with Crippen molar-refractivity contribution in [2.24, 2.45) is 5.10 Å². The summed E-state index contributed by atoms with van der Waals surface area (Å²) < 4.78 is 16.0. The molecule has 7 nitrogen and oxygen atoms in total. The monoisotopic (exact) mass is 418 g/mol. The number of benzene rings is 2. The molecule has 1 amide bonds. The fourth-order valence-electron chi connectivity index (χ4n) is 3.37. The summed E-state index contributed by atoms with van der Waals surface area (Å²) in [6.07, 6.45) is 2.04. The Kier molecular flexibility index (Phi) is 5.84. The Morgan fingerprint density at radius 2 is 1.84 bits per heavy atom. The molecule has 0 saturated carbocycles. The highest BCUT2D eigenvalue weighted by Crippen LogP contribution is 2.33. The third-order valence-corrected chi connectivity index (χ3v) is 5.07. The highest BCUT2D eigenvalue weighted by Gasteiger charge is 2.35. The van der Waals surface area contributed by atoms with E-state index in [2.05, 4.69) is 5.10 Å². The number of furan rings is 1. The number of rotatable bonds is 6. The van der Waals surface area contributed by atoms with Crippen molar-refractivity contribution in [3.8, 4) is 5.75 Å². The average molecular weight is 418 g/mol. The van der Waals surface area contributed by atoms with Crippen LogP contribution in [0.1, 0.15) is 39.7 Å². The number of ether oxygens (including phenoxy) is 2. The van der Waals surface area contributed by atoms with Gasteiger partial charge in [-0.05, 0) is 61.0 Å². The molecule has 0 saturated heterocycles.